The number of carbonyl (C=O) groups excluding carboxylic acids is 1. The van der Waals surface area contributed by atoms with Crippen LogP contribution in [0, 0.1) is 11.5 Å². The summed E-state index contributed by atoms with van der Waals surface area (Å²) in [6.45, 7) is 1.33. The highest BCUT2D eigenvalue weighted by atomic mass is 16.5. The third-order valence-corrected chi connectivity index (χ3v) is 3.04. The number of para-hydroxylation sites is 1. The van der Waals surface area contributed by atoms with Gasteiger partial charge in [-0.05, 0) is 25.0 Å². The van der Waals surface area contributed by atoms with E-state index in [1.54, 1.807) is 12.1 Å². The number of benzene rings is 1. The van der Waals surface area contributed by atoms with Crippen LogP contribution in [-0.4, -0.2) is 31.7 Å². The van der Waals surface area contributed by atoms with Gasteiger partial charge in [0, 0.05) is 13.2 Å². The molecule has 1 aromatic carbocycles. The number of carbonyl (C=O) groups is 1. The molecule has 1 aliphatic rings. The molecular formula is C14H17N3O2. The van der Waals surface area contributed by atoms with Crippen molar-refractivity contribution in [3.8, 4) is 6.19 Å². The summed E-state index contributed by atoms with van der Waals surface area (Å²) in [6, 6.07) is 9.15. The van der Waals surface area contributed by atoms with E-state index in [9.17, 15) is 4.79 Å². The van der Waals surface area contributed by atoms with E-state index < -0.39 is 0 Å². The zero-order valence-electron chi connectivity index (χ0n) is 10.7. The van der Waals surface area contributed by atoms with Gasteiger partial charge >= 0.3 is 0 Å². The standard InChI is InChI=1S/C14H17N3O2/c15-11-17(12-5-2-1-3-6-12)10-14(18)16-9-13-7-4-8-19-13/h1-3,5-6,13H,4,7-10H2,(H,16,18)/t13-/m0/s1. The minimum atomic E-state index is -0.166. The van der Waals surface area contributed by atoms with Gasteiger partial charge < -0.3 is 10.1 Å². The molecule has 1 heterocycles. The summed E-state index contributed by atoms with van der Waals surface area (Å²) < 4.78 is 5.43. The Labute approximate surface area is 112 Å². The third-order valence-electron chi connectivity index (χ3n) is 3.04. The van der Waals surface area contributed by atoms with Gasteiger partial charge in [-0.25, -0.2) is 0 Å². The highest BCUT2D eigenvalue weighted by Gasteiger charge is 2.17. The summed E-state index contributed by atoms with van der Waals surface area (Å²) >= 11 is 0. The van der Waals surface area contributed by atoms with Crippen LogP contribution < -0.4 is 10.2 Å². The molecule has 5 heteroatoms. The van der Waals surface area contributed by atoms with Crippen molar-refractivity contribution in [2.24, 2.45) is 0 Å². The maximum Gasteiger partial charge on any atom is 0.240 e. The average Bonchev–Trinajstić information content (AvgIpc) is 2.97. The molecule has 0 aliphatic carbocycles. The van der Waals surface area contributed by atoms with Crippen molar-refractivity contribution in [3.05, 3.63) is 30.3 Å². The second kappa shape index (κ2) is 6.76. The molecule has 19 heavy (non-hydrogen) atoms. The first-order valence-electron chi connectivity index (χ1n) is 6.40. The lowest BCUT2D eigenvalue weighted by molar-refractivity contribution is -0.120. The molecule has 1 saturated heterocycles. The van der Waals surface area contributed by atoms with Crippen LogP contribution in [0.3, 0.4) is 0 Å². The minimum absolute atomic E-state index is 0.0350. The lowest BCUT2D eigenvalue weighted by Gasteiger charge is -2.16. The number of nitriles is 1. The normalized spacial score (nSPS) is 17.7. The fraction of sp³-hybridized carbons (Fsp3) is 0.429. The highest BCUT2D eigenvalue weighted by molar-refractivity contribution is 5.82. The van der Waals surface area contributed by atoms with Crippen LogP contribution in [-0.2, 0) is 9.53 Å². The monoisotopic (exact) mass is 259 g/mol. The van der Waals surface area contributed by atoms with Gasteiger partial charge in [0.05, 0.1) is 11.8 Å². The van der Waals surface area contributed by atoms with Crippen LogP contribution in [0.1, 0.15) is 12.8 Å². The van der Waals surface area contributed by atoms with E-state index in [2.05, 4.69) is 5.32 Å². The van der Waals surface area contributed by atoms with Crippen molar-refractivity contribution in [3.63, 3.8) is 0 Å². The van der Waals surface area contributed by atoms with Gasteiger partial charge in [-0.1, -0.05) is 18.2 Å². The molecule has 0 bridgehead atoms. The number of hydrogen-bond donors (Lipinski definition) is 1. The predicted octanol–water partition coefficient (Wildman–Crippen LogP) is 1.27. The summed E-state index contributed by atoms with van der Waals surface area (Å²) in [5.41, 5.74) is 0.720. The van der Waals surface area contributed by atoms with Crippen molar-refractivity contribution >= 4 is 11.6 Å². The van der Waals surface area contributed by atoms with Crippen molar-refractivity contribution in [1.82, 2.24) is 5.32 Å². The molecule has 1 fully saturated rings. The van der Waals surface area contributed by atoms with E-state index in [-0.39, 0.29) is 18.6 Å². The van der Waals surface area contributed by atoms with Crippen molar-refractivity contribution in [2.45, 2.75) is 18.9 Å². The van der Waals surface area contributed by atoms with E-state index >= 15 is 0 Å². The molecule has 0 saturated carbocycles. The molecule has 1 amide bonds. The van der Waals surface area contributed by atoms with E-state index in [0.717, 1.165) is 25.1 Å². The maximum absolute atomic E-state index is 11.8. The lowest BCUT2D eigenvalue weighted by atomic mass is 10.2. The highest BCUT2D eigenvalue weighted by Crippen LogP contribution is 2.12. The molecule has 1 aromatic rings. The van der Waals surface area contributed by atoms with Gasteiger partial charge in [0.15, 0.2) is 6.19 Å². The molecule has 1 N–H and O–H groups in total. The van der Waals surface area contributed by atoms with Crippen LogP contribution in [0.25, 0.3) is 0 Å². The van der Waals surface area contributed by atoms with Gasteiger partial charge in [0.1, 0.15) is 6.54 Å². The fourth-order valence-electron chi connectivity index (χ4n) is 2.02. The molecule has 5 nitrogen and oxygen atoms in total. The van der Waals surface area contributed by atoms with E-state index in [0.29, 0.717) is 6.54 Å². The van der Waals surface area contributed by atoms with Crippen molar-refractivity contribution in [2.75, 3.05) is 24.6 Å². The van der Waals surface area contributed by atoms with E-state index in [4.69, 9.17) is 10.00 Å². The minimum Gasteiger partial charge on any atom is -0.376 e. The second-order valence-corrected chi connectivity index (χ2v) is 4.46. The van der Waals surface area contributed by atoms with Gasteiger partial charge in [0.2, 0.25) is 5.91 Å². The third kappa shape index (κ3) is 3.97. The quantitative estimate of drug-likeness (QED) is 0.639. The summed E-state index contributed by atoms with van der Waals surface area (Å²) in [5.74, 6) is -0.166. The number of ether oxygens (including phenoxy) is 1. The number of nitrogens with one attached hydrogen (secondary N) is 1. The van der Waals surface area contributed by atoms with Crippen LogP contribution in [0.2, 0.25) is 0 Å². The fourth-order valence-corrected chi connectivity index (χ4v) is 2.02. The van der Waals surface area contributed by atoms with Crippen LogP contribution in [0.4, 0.5) is 5.69 Å². The topological polar surface area (TPSA) is 65.4 Å². The van der Waals surface area contributed by atoms with Crippen LogP contribution in [0.15, 0.2) is 30.3 Å². The Morgan fingerprint density at radius 2 is 2.26 bits per heavy atom. The number of hydrogen-bond acceptors (Lipinski definition) is 4. The summed E-state index contributed by atoms with van der Waals surface area (Å²) in [6.07, 6.45) is 4.18. The smallest absolute Gasteiger partial charge is 0.240 e. The molecule has 1 aliphatic heterocycles. The Hall–Kier alpha value is -2.06. The van der Waals surface area contributed by atoms with Crippen LogP contribution >= 0.6 is 0 Å². The lowest BCUT2D eigenvalue weighted by Crippen LogP contribution is -2.38. The van der Waals surface area contributed by atoms with E-state index in [1.165, 1.54) is 4.90 Å². The molecule has 0 unspecified atom stereocenters. The van der Waals surface area contributed by atoms with Crippen molar-refractivity contribution in [1.29, 1.82) is 5.26 Å². The SMILES string of the molecule is N#CN(CC(=O)NC[C@@H]1CCCO1)c1ccccc1. The second-order valence-electron chi connectivity index (χ2n) is 4.46. The summed E-state index contributed by atoms with van der Waals surface area (Å²) in [5, 5.41) is 11.9. The Kier molecular flexibility index (Phi) is 4.76. The Morgan fingerprint density at radius 1 is 1.47 bits per heavy atom. The van der Waals surface area contributed by atoms with E-state index in [1.807, 2.05) is 24.4 Å². The number of anilines is 1. The largest absolute Gasteiger partial charge is 0.376 e. The molecule has 1 atom stereocenters. The zero-order chi connectivity index (χ0) is 13.5. The number of nitrogens with zero attached hydrogens (tertiary/aromatic N) is 2. The molecule has 0 spiro atoms. The van der Waals surface area contributed by atoms with Crippen molar-refractivity contribution < 1.29 is 9.53 Å². The Balaban J connectivity index is 1.81. The summed E-state index contributed by atoms with van der Waals surface area (Å²) in [7, 11) is 0. The molecule has 2 rings (SSSR count). The number of amides is 1. The average molecular weight is 259 g/mol. The number of rotatable bonds is 5. The van der Waals surface area contributed by atoms with Gasteiger partial charge in [0.25, 0.3) is 0 Å². The predicted molar refractivity (Wildman–Crippen MR) is 71.4 cm³/mol. The molecular weight excluding hydrogens is 242 g/mol. The Morgan fingerprint density at radius 3 is 2.89 bits per heavy atom. The summed E-state index contributed by atoms with van der Waals surface area (Å²) in [4.78, 5) is 13.1. The first kappa shape index (κ1) is 13.4. The van der Waals surface area contributed by atoms with Gasteiger partial charge in [-0.15, -0.1) is 0 Å². The van der Waals surface area contributed by atoms with Crippen LogP contribution in [0.5, 0.6) is 0 Å². The molecule has 0 radical (unpaired) electrons. The first-order valence-corrected chi connectivity index (χ1v) is 6.40. The van der Waals surface area contributed by atoms with Gasteiger partial charge in [-0.2, -0.15) is 5.26 Å². The van der Waals surface area contributed by atoms with Gasteiger partial charge in [-0.3, -0.25) is 9.69 Å². The zero-order valence-corrected chi connectivity index (χ0v) is 10.7. The Bertz CT molecular complexity index is 450. The maximum atomic E-state index is 11.8. The molecule has 0 aromatic heterocycles. The first-order chi connectivity index (χ1) is 9.29. The molecule has 100 valence electrons.